The van der Waals surface area contributed by atoms with Crippen LogP contribution in [0.4, 0.5) is 5.69 Å². The lowest BCUT2D eigenvalue weighted by Gasteiger charge is -2.36. The van der Waals surface area contributed by atoms with Gasteiger partial charge in [0.15, 0.2) is 5.11 Å². The summed E-state index contributed by atoms with van der Waals surface area (Å²) in [4.78, 5) is 4.67. The third-order valence-corrected chi connectivity index (χ3v) is 5.14. The molecule has 0 radical (unpaired) electrons. The first kappa shape index (κ1) is 18.4. The predicted molar refractivity (Wildman–Crippen MR) is 110 cm³/mol. The average Bonchev–Trinajstić information content (AvgIpc) is 2.66. The summed E-state index contributed by atoms with van der Waals surface area (Å²) in [5.74, 6) is 0. The number of nitrogens with zero attached hydrogens (tertiary/aromatic N) is 3. The first-order chi connectivity index (χ1) is 12.5. The van der Waals surface area contributed by atoms with Gasteiger partial charge in [-0.05, 0) is 61.0 Å². The number of hydrogen-bond donors (Lipinski definition) is 1. The molecule has 0 amide bonds. The molecular formula is C21H24N4S. The molecule has 2 aromatic rings. The standard InChI is InChI=1S/C21H24N4S/c1-16-3-4-17(2)20(13-16)23-21(26)25-11-9-24(10-12-25)15-19-7-5-18(14-22)6-8-19/h3-8,13H,9-12,15H2,1-2H3,(H,23,26). The Labute approximate surface area is 161 Å². The molecule has 1 heterocycles. The second-order valence-corrected chi connectivity index (χ2v) is 7.21. The zero-order valence-corrected chi connectivity index (χ0v) is 16.1. The zero-order chi connectivity index (χ0) is 18.5. The van der Waals surface area contributed by atoms with Crippen LogP contribution in [0.2, 0.25) is 0 Å². The third kappa shape index (κ3) is 4.60. The smallest absolute Gasteiger partial charge is 0.173 e. The summed E-state index contributed by atoms with van der Waals surface area (Å²) in [5.41, 5.74) is 5.48. The lowest BCUT2D eigenvalue weighted by atomic mass is 10.1. The molecule has 1 aliphatic heterocycles. The average molecular weight is 365 g/mol. The van der Waals surface area contributed by atoms with E-state index in [0.29, 0.717) is 5.56 Å². The number of hydrogen-bond acceptors (Lipinski definition) is 3. The SMILES string of the molecule is Cc1ccc(C)c(NC(=S)N2CCN(Cc3ccc(C#N)cc3)CC2)c1. The van der Waals surface area contributed by atoms with Crippen molar-refractivity contribution in [3.05, 3.63) is 64.7 Å². The number of anilines is 1. The lowest BCUT2D eigenvalue weighted by molar-refractivity contribution is 0.177. The molecule has 5 heteroatoms. The Morgan fingerprint density at radius 3 is 2.42 bits per heavy atom. The molecule has 1 N–H and O–H groups in total. The highest BCUT2D eigenvalue weighted by Crippen LogP contribution is 2.18. The molecule has 2 aromatic carbocycles. The Hall–Kier alpha value is -2.42. The predicted octanol–water partition coefficient (Wildman–Crippen LogP) is 3.69. The molecule has 0 atom stereocenters. The van der Waals surface area contributed by atoms with E-state index >= 15 is 0 Å². The first-order valence-electron chi connectivity index (χ1n) is 8.90. The summed E-state index contributed by atoms with van der Waals surface area (Å²) in [6.07, 6.45) is 0. The molecule has 1 fully saturated rings. The molecule has 4 nitrogen and oxygen atoms in total. The Morgan fingerprint density at radius 2 is 1.77 bits per heavy atom. The molecule has 1 aliphatic rings. The molecular weight excluding hydrogens is 340 g/mol. The Balaban J connectivity index is 1.52. The van der Waals surface area contributed by atoms with Gasteiger partial charge in [-0.15, -0.1) is 0 Å². The second kappa shape index (κ2) is 8.31. The summed E-state index contributed by atoms with van der Waals surface area (Å²) < 4.78 is 0. The van der Waals surface area contributed by atoms with Gasteiger partial charge in [0.25, 0.3) is 0 Å². The number of nitriles is 1. The van der Waals surface area contributed by atoms with E-state index in [1.165, 1.54) is 16.7 Å². The van der Waals surface area contributed by atoms with Gasteiger partial charge in [-0.2, -0.15) is 5.26 Å². The van der Waals surface area contributed by atoms with Crippen LogP contribution in [0, 0.1) is 25.2 Å². The van der Waals surface area contributed by atoms with Crippen molar-refractivity contribution >= 4 is 23.0 Å². The maximum atomic E-state index is 8.88. The highest BCUT2D eigenvalue weighted by atomic mass is 32.1. The van der Waals surface area contributed by atoms with E-state index in [-0.39, 0.29) is 0 Å². The molecule has 26 heavy (non-hydrogen) atoms. The number of piperazine rings is 1. The van der Waals surface area contributed by atoms with Gasteiger partial charge in [-0.25, -0.2) is 0 Å². The molecule has 0 aliphatic carbocycles. The maximum absolute atomic E-state index is 8.88. The van der Waals surface area contributed by atoms with Crippen molar-refractivity contribution in [2.75, 3.05) is 31.5 Å². The van der Waals surface area contributed by atoms with Crippen LogP contribution in [0.3, 0.4) is 0 Å². The van der Waals surface area contributed by atoms with Gasteiger partial charge in [0.05, 0.1) is 11.6 Å². The summed E-state index contributed by atoms with van der Waals surface area (Å²) in [6, 6.07) is 16.4. The number of rotatable bonds is 3. The summed E-state index contributed by atoms with van der Waals surface area (Å²) in [5, 5.41) is 13.1. The second-order valence-electron chi connectivity index (χ2n) is 6.82. The van der Waals surface area contributed by atoms with Crippen LogP contribution in [0.5, 0.6) is 0 Å². The highest BCUT2D eigenvalue weighted by Gasteiger charge is 2.19. The van der Waals surface area contributed by atoms with Crippen LogP contribution in [0.15, 0.2) is 42.5 Å². The van der Waals surface area contributed by atoms with Crippen LogP contribution >= 0.6 is 12.2 Å². The van der Waals surface area contributed by atoms with Crippen LogP contribution in [-0.4, -0.2) is 41.1 Å². The molecule has 134 valence electrons. The van der Waals surface area contributed by atoms with Crippen molar-refractivity contribution in [1.29, 1.82) is 5.26 Å². The van der Waals surface area contributed by atoms with Crippen LogP contribution in [0.1, 0.15) is 22.3 Å². The van der Waals surface area contributed by atoms with Crippen molar-refractivity contribution in [2.45, 2.75) is 20.4 Å². The monoisotopic (exact) mass is 364 g/mol. The van der Waals surface area contributed by atoms with Crippen molar-refractivity contribution in [3.63, 3.8) is 0 Å². The van der Waals surface area contributed by atoms with E-state index in [2.05, 4.69) is 53.2 Å². The van der Waals surface area contributed by atoms with E-state index in [1.807, 2.05) is 24.3 Å². The van der Waals surface area contributed by atoms with Gasteiger partial charge in [-0.3, -0.25) is 4.90 Å². The lowest BCUT2D eigenvalue weighted by Crippen LogP contribution is -2.49. The normalized spacial score (nSPS) is 14.7. The van der Waals surface area contributed by atoms with Gasteiger partial charge in [0.1, 0.15) is 0 Å². The zero-order valence-electron chi connectivity index (χ0n) is 15.3. The Morgan fingerprint density at radius 1 is 1.08 bits per heavy atom. The summed E-state index contributed by atoms with van der Waals surface area (Å²) >= 11 is 5.62. The van der Waals surface area contributed by atoms with E-state index < -0.39 is 0 Å². The molecule has 0 bridgehead atoms. The van der Waals surface area contributed by atoms with Crippen LogP contribution in [-0.2, 0) is 6.54 Å². The van der Waals surface area contributed by atoms with Gasteiger partial charge in [0.2, 0.25) is 0 Å². The molecule has 0 saturated carbocycles. The molecule has 0 aromatic heterocycles. The van der Waals surface area contributed by atoms with Crippen LogP contribution in [0.25, 0.3) is 0 Å². The van der Waals surface area contributed by atoms with Crippen molar-refractivity contribution in [3.8, 4) is 6.07 Å². The Bertz CT molecular complexity index is 815. The van der Waals surface area contributed by atoms with Crippen molar-refractivity contribution in [1.82, 2.24) is 9.80 Å². The number of benzene rings is 2. The highest BCUT2D eigenvalue weighted by molar-refractivity contribution is 7.80. The van der Waals surface area contributed by atoms with Crippen molar-refractivity contribution in [2.24, 2.45) is 0 Å². The van der Waals surface area contributed by atoms with Crippen molar-refractivity contribution < 1.29 is 0 Å². The van der Waals surface area contributed by atoms with Crippen LogP contribution < -0.4 is 5.32 Å². The van der Waals surface area contributed by atoms with Gasteiger partial charge < -0.3 is 10.2 Å². The topological polar surface area (TPSA) is 42.3 Å². The van der Waals surface area contributed by atoms with Gasteiger partial charge in [-0.1, -0.05) is 24.3 Å². The van der Waals surface area contributed by atoms with E-state index in [0.717, 1.165) is 43.5 Å². The number of aryl methyl sites for hydroxylation is 2. The molecule has 3 rings (SSSR count). The summed E-state index contributed by atoms with van der Waals surface area (Å²) in [7, 11) is 0. The quantitative estimate of drug-likeness (QED) is 0.842. The Kier molecular flexibility index (Phi) is 5.87. The maximum Gasteiger partial charge on any atom is 0.173 e. The van der Waals surface area contributed by atoms with E-state index in [9.17, 15) is 0 Å². The summed E-state index contributed by atoms with van der Waals surface area (Å²) in [6.45, 7) is 8.91. The minimum atomic E-state index is 0.710. The largest absolute Gasteiger partial charge is 0.346 e. The third-order valence-electron chi connectivity index (χ3n) is 4.78. The van der Waals surface area contributed by atoms with Gasteiger partial charge >= 0.3 is 0 Å². The fraction of sp³-hybridized carbons (Fsp3) is 0.333. The molecule has 0 unspecified atom stereocenters. The fourth-order valence-electron chi connectivity index (χ4n) is 3.12. The fourth-order valence-corrected chi connectivity index (χ4v) is 3.41. The van der Waals surface area contributed by atoms with E-state index in [4.69, 9.17) is 17.5 Å². The minimum Gasteiger partial charge on any atom is -0.346 e. The van der Waals surface area contributed by atoms with E-state index in [1.54, 1.807) is 0 Å². The number of thiocarbonyl (C=S) groups is 1. The van der Waals surface area contributed by atoms with Gasteiger partial charge in [0, 0.05) is 38.4 Å². The molecule has 1 saturated heterocycles. The number of nitrogens with one attached hydrogen (secondary N) is 1. The minimum absolute atomic E-state index is 0.710. The molecule has 0 spiro atoms. The first-order valence-corrected chi connectivity index (χ1v) is 9.30.